The molecule has 2 N–H and O–H groups in total. The first kappa shape index (κ1) is 18.9. The van der Waals surface area contributed by atoms with Crippen LogP contribution in [0.4, 0.5) is 0 Å². The zero-order chi connectivity index (χ0) is 19.7. The molecule has 3 aromatic rings. The van der Waals surface area contributed by atoms with E-state index < -0.39 is 5.60 Å². The van der Waals surface area contributed by atoms with Crippen LogP contribution in [0, 0.1) is 0 Å². The van der Waals surface area contributed by atoms with Gasteiger partial charge in [0.15, 0.2) is 0 Å². The highest BCUT2D eigenvalue weighted by molar-refractivity contribution is 6.30. The molecule has 1 fully saturated rings. The Labute approximate surface area is 168 Å². The van der Waals surface area contributed by atoms with Crippen LogP contribution in [-0.2, 0) is 17.0 Å². The summed E-state index contributed by atoms with van der Waals surface area (Å²) in [7, 11) is 0. The van der Waals surface area contributed by atoms with Gasteiger partial charge >= 0.3 is 0 Å². The van der Waals surface area contributed by atoms with E-state index in [4.69, 9.17) is 16.7 Å². The summed E-state index contributed by atoms with van der Waals surface area (Å²) in [5.41, 5.74) is 2.85. The van der Waals surface area contributed by atoms with E-state index in [0.717, 1.165) is 22.5 Å². The summed E-state index contributed by atoms with van der Waals surface area (Å²) in [6.07, 6.45) is 1.49. The zero-order valence-electron chi connectivity index (χ0n) is 15.3. The molecular formula is C22H21ClN2O3. The molecule has 0 bridgehead atoms. The molecule has 1 heterocycles. The molecule has 6 heteroatoms. The fourth-order valence-corrected chi connectivity index (χ4v) is 3.70. The number of carbonyl (C=O) groups is 1. The molecule has 0 radical (unpaired) electrons. The molecule has 0 aliphatic heterocycles. The number of aromatic nitrogens is 2. The first-order valence-electron chi connectivity index (χ1n) is 9.29. The highest BCUT2D eigenvalue weighted by atomic mass is 35.5. The van der Waals surface area contributed by atoms with Crippen molar-refractivity contribution in [2.24, 2.45) is 0 Å². The summed E-state index contributed by atoms with van der Waals surface area (Å²) in [5, 5.41) is 25.8. The maximum atomic E-state index is 11.6. The number of Topliss-reactive ketones (excluding diaryl/α,β-unsaturated/α-hetero) is 1. The quantitative estimate of drug-likeness (QED) is 0.698. The SMILES string of the molecule is O=C1CCC(O)(c2cc(-c3ccc(Cl)cc3)n(-c3ccc(CO)cc3)n2)CC1. The fraction of sp³-hybridized carbons (Fsp3) is 0.273. The molecular weight excluding hydrogens is 376 g/mol. The van der Waals surface area contributed by atoms with Crippen LogP contribution in [0.15, 0.2) is 54.6 Å². The van der Waals surface area contributed by atoms with Crippen molar-refractivity contribution in [3.05, 3.63) is 70.9 Å². The Kier molecular flexibility index (Phi) is 5.06. The molecule has 1 aliphatic carbocycles. The largest absolute Gasteiger partial charge is 0.392 e. The minimum absolute atomic E-state index is 0.0253. The number of nitrogens with zero attached hydrogens (tertiary/aromatic N) is 2. The van der Waals surface area contributed by atoms with Gasteiger partial charge in [-0.1, -0.05) is 35.9 Å². The van der Waals surface area contributed by atoms with Crippen LogP contribution in [0.2, 0.25) is 5.02 Å². The van der Waals surface area contributed by atoms with Gasteiger partial charge in [-0.2, -0.15) is 5.10 Å². The maximum absolute atomic E-state index is 11.6. The Morgan fingerprint density at radius 3 is 2.29 bits per heavy atom. The Hall–Kier alpha value is -2.47. The third-order valence-electron chi connectivity index (χ3n) is 5.32. The van der Waals surface area contributed by atoms with Crippen LogP contribution in [0.3, 0.4) is 0 Å². The van der Waals surface area contributed by atoms with Gasteiger partial charge in [-0.15, -0.1) is 0 Å². The lowest BCUT2D eigenvalue weighted by molar-refractivity contribution is -0.125. The lowest BCUT2D eigenvalue weighted by Crippen LogP contribution is -2.32. The maximum Gasteiger partial charge on any atom is 0.133 e. The first-order chi connectivity index (χ1) is 13.5. The second-order valence-corrected chi connectivity index (χ2v) is 7.66. The zero-order valence-corrected chi connectivity index (χ0v) is 16.1. The number of rotatable bonds is 4. The van der Waals surface area contributed by atoms with Gasteiger partial charge < -0.3 is 10.2 Å². The Bertz CT molecular complexity index is 984. The number of ketones is 1. The Morgan fingerprint density at radius 2 is 1.68 bits per heavy atom. The Morgan fingerprint density at radius 1 is 1.04 bits per heavy atom. The Balaban J connectivity index is 1.81. The molecule has 0 amide bonds. The number of aliphatic hydroxyl groups excluding tert-OH is 1. The van der Waals surface area contributed by atoms with E-state index in [-0.39, 0.29) is 12.4 Å². The van der Waals surface area contributed by atoms with Gasteiger partial charge in [-0.05, 0) is 48.7 Å². The first-order valence-corrected chi connectivity index (χ1v) is 9.67. The summed E-state index contributed by atoms with van der Waals surface area (Å²) in [4.78, 5) is 11.6. The topological polar surface area (TPSA) is 75.3 Å². The van der Waals surface area contributed by atoms with Gasteiger partial charge in [-0.25, -0.2) is 4.68 Å². The fourth-order valence-electron chi connectivity index (χ4n) is 3.57. The predicted molar refractivity (Wildman–Crippen MR) is 107 cm³/mol. The standard InChI is InChI=1S/C22H21ClN2O3/c23-17-5-3-16(4-6-17)20-13-21(22(28)11-9-19(27)10-12-22)24-25(20)18-7-1-15(14-26)2-8-18/h1-8,13,26,28H,9-12,14H2. The molecule has 28 heavy (non-hydrogen) atoms. The second kappa shape index (κ2) is 7.51. The number of halogens is 1. The van der Waals surface area contributed by atoms with E-state index in [0.29, 0.717) is 36.4 Å². The average molecular weight is 397 g/mol. The third-order valence-corrected chi connectivity index (χ3v) is 5.58. The highest BCUT2D eigenvalue weighted by Crippen LogP contribution is 2.37. The monoisotopic (exact) mass is 396 g/mol. The van der Waals surface area contributed by atoms with Crippen molar-refractivity contribution >= 4 is 17.4 Å². The van der Waals surface area contributed by atoms with Crippen molar-refractivity contribution in [2.75, 3.05) is 0 Å². The molecule has 0 unspecified atom stereocenters. The van der Waals surface area contributed by atoms with Crippen molar-refractivity contribution in [1.82, 2.24) is 9.78 Å². The van der Waals surface area contributed by atoms with Crippen molar-refractivity contribution < 1.29 is 15.0 Å². The number of hydrogen-bond acceptors (Lipinski definition) is 4. The highest BCUT2D eigenvalue weighted by Gasteiger charge is 2.37. The lowest BCUT2D eigenvalue weighted by Gasteiger charge is -2.29. The number of hydrogen-bond donors (Lipinski definition) is 2. The smallest absolute Gasteiger partial charge is 0.133 e. The van der Waals surface area contributed by atoms with E-state index >= 15 is 0 Å². The molecule has 1 aliphatic rings. The minimum atomic E-state index is -1.11. The minimum Gasteiger partial charge on any atom is -0.392 e. The van der Waals surface area contributed by atoms with E-state index in [9.17, 15) is 15.0 Å². The van der Waals surface area contributed by atoms with Crippen molar-refractivity contribution in [3.8, 4) is 16.9 Å². The third kappa shape index (κ3) is 3.61. The van der Waals surface area contributed by atoms with Crippen molar-refractivity contribution in [2.45, 2.75) is 37.9 Å². The average Bonchev–Trinajstić information content (AvgIpc) is 3.17. The van der Waals surface area contributed by atoms with Crippen LogP contribution in [0.5, 0.6) is 0 Å². The summed E-state index contributed by atoms with van der Waals surface area (Å²) in [6, 6.07) is 16.8. The molecule has 0 atom stereocenters. The summed E-state index contributed by atoms with van der Waals surface area (Å²) < 4.78 is 1.79. The van der Waals surface area contributed by atoms with Crippen molar-refractivity contribution in [1.29, 1.82) is 0 Å². The van der Waals surface area contributed by atoms with Crippen molar-refractivity contribution in [3.63, 3.8) is 0 Å². The van der Waals surface area contributed by atoms with Gasteiger partial charge in [0.1, 0.15) is 11.4 Å². The number of aliphatic hydroxyl groups is 2. The lowest BCUT2D eigenvalue weighted by atomic mass is 9.82. The van der Waals surface area contributed by atoms with E-state index in [2.05, 4.69) is 0 Å². The molecule has 4 rings (SSSR count). The van der Waals surface area contributed by atoms with Crippen LogP contribution >= 0.6 is 11.6 Å². The molecule has 5 nitrogen and oxygen atoms in total. The van der Waals surface area contributed by atoms with Gasteiger partial charge in [0.2, 0.25) is 0 Å². The molecule has 144 valence electrons. The van der Waals surface area contributed by atoms with Gasteiger partial charge in [0, 0.05) is 23.4 Å². The van der Waals surface area contributed by atoms with E-state index in [1.807, 2.05) is 54.6 Å². The van der Waals surface area contributed by atoms with Crippen LogP contribution < -0.4 is 0 Å². The number of carbonyl (C=O) groups excluding carboxylic acids is 1. The van der Waals surface area contributed by atoms with Crippen LogP contribution in [0.1, 0.15) is 36.9 Å². The predicted octanol–water partition coefficient (Wildman–Crippen LogP) is 4.02. The van der Waals surface area contributed by atoms with Gasteiger partial charge in [0.05, 0.1) is 23.7 Å². The molecule has 1 saturated carbocycles. The molecule has 0 saturated heterocycles. The summed E-state index contributed by atoms with van der Waals surface area (Å²) in [6.45, 7) is -0.0253. The van der Waals surface area contributed by atoms with E-state index in [1.54, 1.807) is 4.68 Å². The number of benzene rings is 2. The summed E-state index contributed by atoms with van der Waals surface area (Å²) >= 11 is 6.03. The van der Waals surface area contributed by atoms with Gasteiger partial charge in [0.25, 0.3) is 0 Å². The van der Waals surface area contributed by atoms with E-state index in [1.165, 1.54) is 0 Å². The van der Waals surface area contributed by atoms with Crippen LogP contribution in [0.25, 0.3) is 16.9 Å². The summed E-state index contributed by atoms with van der Waals surface area (Å²) in [5.74, 6) is 0.182. The second-order valence-electron chi connectivity index (χ2n) is 7.23. The normalized spacial score (nSPS) is 16.3. The van der Waals surface area contributed by atoms with Crippen LogP contribution in [-0.4, -0.2) is 25.8 Å². The molecule has 0 spiro atoms. The van der Waals surface area contributed by atoms with Gasteiger partial charge in [-0.3, -0.25) is 4.79 Å². The molecule has 2 aromatic carbocycles. The molecule has 1 aromatic heterocycles.